The molecule has 2 atom stereocenters. The Kier molecular flexibility index (Phi) is 5.36. The first kappa shape index (κ1) is 17.8. The van der Waals surface area contributed by atoms with Gasteiger partial charge in [0.05, 0.1) is 13.2 Å². The van der Waals surface area contributed by atoms with Crippen LogP contribution >= 0.6 is 0 Å². The van der Waals surface area contributed by atoms with Crippen LogP contribution in [0.1, 0.15) is 42.1 Å². The van der Waals surface area contributed by atoms with Crippen molar-refractivity contribution in [3.8, 4) is 0 Å². The number of esters is 1. The van der Waals surface area contributed by atoms with Crippen molar-refractivity contribution in [3.63, 3.8) is 0 Å². The molecule has 1 aliphatic heterocycles. The molecule has 0 aliphatic carbocycles. The van der Waals surface area contributed by atoms with Gasteiger partial charge in [0.25, 0.3) is 0 Å². The second-order valence-corrected chi connectivity index (χ2v) is 5.73. The molecule has 1 fully saturated rings. The number of carbonyl (C=O) groups excluding carboxylic acids is 1. The van der Waals surface area contributed by atoms with Gasteiger partial charge in [0, 0.05) is 0 Å². The topological polar surface area (TPSA) is 62.9 Å². The Balaban J connectivity index is 1.94. The quantitative estimate of drug-likeness (QED) is 0.857. The minimum atomic E-state index is -4.57. The predicted molar refractivity (Wildman–Crippen MR) is 74.8 cm³/mol. The van der Waals surface area contributed by atoms with E-state index in [1.807, 2.05) is 11.8 Å². The van der Waals surface area contributed by atoms with Crippen LogP contribution in [0.15, 0.2) is 16.5 Å². The number of halogens is 3. The van der Waals surface area contributed by atoms with Crippen molar-refractivity contribution < 1.29 is 32.2 Å². The lowest BCUT2D eigenvalue weighted by Gasteiger charge is -2.37. The zero-order valence-corrected chi connectivity index (χ0v) is 13.0. The van der Waals surface area contributed by atoms with Gasteiger partial charge in [-0.2, -0.15) is 13.2 Å². The largest absolute Gasteiger partial charge is 0.463 e. The average molecular weight is 335 g/mol. The lowest BCUT2D eigenvalue weighted by Crippen LogP contribution is -2.43. The van der Waals surface area contributed by atoms with E-state index in [9.17, 15) is 23.1 Å². The number of nitrogens with zero attached hydrogens (tertiary/aromatic N) is 1. The molecule has 23 heavy (non-hydrogen) atoms. The van der Waals surface area contributed by atoms with Crippen LogP contribution in [0.3, 0.4) is 0 Å². The maximum Gasteiger partial charge on any atom is 0.414 e. The van der Waals surface area contributed by atoms with Crippen molar-refractivity contribution in [3.05, 3.63) is 23.7 Å². The van der Waals surface area contributed by atoms with Gasteiger partial charge in [-0.3, -0.25) is 4.90 Å². The summed E-state index contributed by atoms with van der Waals surface area (Å²) in [6.45, 7) is 2.71. The third-order valence-corrected chi connectivity index (χ3v) is 4.33. The smallest absolute Gasteiger partial charge is 0.414 e. The standard InChI is InChI=1S/C15H20F3NO4/c1-9(11-3-4-12(23-11)14(21)22-2)19-7-5-10(6-8-19)13(20)15(16,17)18/h3-4,9-10,13,20H,5-8H2,1-2H3/t9-,13+/m0/s1. The van der Waals surface area contributed by atoms with Gasteiger partial charge in [-0.1, -0.05) is 0 Å². The maximum absolute atomic E-state index is 12.5. The predicted octanol–water partition coefficient (Wildman–Crippen LogP) is 2.76. The summed E-state index contributed by atoms with van der Waals surface area (Å²) >= 11 is 0. The maximum atomic E-state index is 12.5. The van der Waals surface area contributed by atoms with Crippen LogP contribution in [-0.2, 0) is 4.74 Å². The highest BCUT2D eigenvalue weighted by atomic mass is 19.4. The molecule has 0 amide bonds. The number of hydrogen-bond acceptors (Lipinski definition) is 5. The number of carbonyl (C=O) groups is 1. The van der Waals surface area contributed by atoms with Crippen molar-refractivity contribution in [1.29, 1.82) is 0 Å². The first-order valence-corrected chi connectivity index (χ1v) is 7.41. The number of aliphatic hydroxyl groups is 1. The Morgan fingerprint density at radius 1 is 1.39 bits per heavy atom. The zero-order chi connectivity index (χ0) is 17.2. The number of aliphatic hydroxyl groups excluding tert-OH is 1. The number of likely N-dealkylation sites (tertiary alicyclic amines) is 1. The highest BCUT2D eigenvalue weighted by Crippen LogP contribution is 2.34. The van der Waals surface area contributed by atoms with Gasteiger partial charge in [-0.05, 0) is 50.9 Å². The molecule has 1 aromatic heterocycles. The van der Waals surface area contributed by atoms with E-state index in [-0.39, 0.29) is 24.6 Å². The van der Waals surface area contributed by atoms with Gasteiger partial charge in [0.15, 0.2) is 6.10 Å². The van der Waals surface area contributed by atoms with Gasteiger partial charge < -0.3 is 14.3 Å². The van der Waals surface area contributed by atoms with Crippen LogP contribution in [-0.4, -0.2) is 48.5 Å². The molecule has 2 rings (SSSR count). The first-order valence-electron chi connectivity index (χ1n) is 7.41. The monoisotopic (exact) mass is 335 g/mol. The van der Waals surface area contributed by atoms with Gasteiger partial charge >= 0.3 is 12.1 Å². The molecule has 1 aliphatic rings. The van der Waals surface area contributed by atoms with Crippen molar-refractivity contribution in [2.45, 2.75) is 38.1 Å². The molecule has 0 aromatic carbocycles. The second-order valence-electron chi connectivity index (χ2n) is 5.73. The average Bonchev–Trinajstić information content (AvgIpc) is 3.02. The number of ether oxygens (including phenoxy) is 1. The minimum absolute atomic E-state index is 0.0942. The zero-order valence-electron chi connectivity index (χ0n) is 13.0. The molecule has 1 saturated heterocycles. The van der Waals surface area contributed by atoms with E-state index in [0.29, 0.717) is 18.8 Å². The molecular weight excluding hydrogens is 315 g/mol. The van der Waals surface area contributed by atoms with Crippen molar-refractivity contribution >= 4 is 5.97 Å². The van der Waals surface area contributed by atoms with Crippen LogP contribution in [0.2, 0.25) is 0 Å². The number of furan rings is 1. The fourth-order valence-electron chi connectivity index (χ4n) is 2.86. The van der Waals surface area contributed by atoms with E-state index in [2.05, 4.69) is 4.74 Å². The minimum Gasteiger partial charge on any atom is -0.463 e. The van der Waals surface area contributed by atoms with E-state index in [1.54, 1.807) is 6.07 Å². The van der Waals surface area contributed by atoms with Gasteiger partial charge in [0.2, 0.25) is 5.76 Å². The van der Waals surface area contributed by atoms with Crippen molar-refractivity contribution in [2.75, 3.05) is 20.2 Å². The van der Waals surface area contributed by atoms with Crippen molar-refractivity contribution in [2.24, 2.45) is 5.92 Å². The molecule has 0 unspecified atom stereocenters. The number of piperidine rings is 1. The number of methoxy groups -OCH3 is 1. The number of rotatable bonds is 4. The molecule has 1 N–H and O–H groups in total. The van der Waals surface area contributed by atoms with Gasteiger partial charge in [0.1, 0.15) is 5.76 Å². The van der Waals surface area contributed by atoms with Gasteiger partial charge in [-0.15, -0.1) is 0 Å². The van der Waals surface area contributed by atoms with Crippen molar-refractivity contribution in [1.82, 2.24) is 4.90 Å². The van der Waals surface area contributed by atoms with E-state index < -0.39 is 24.2 Å². The third-order valence-electron chi connectivity index (χ3n) is 4.33. The molecule has 0 saturated carbocycles. The summed E-state index contributed by atoms with van der Waals surface area (Å²) in [5.74, 6) is -0.701. The lowest BCUT2D eigenvalue weighted by atomic mass is 9.90. The highest BCUT2D eigenvalue weighted by molar-refractivity contribution is 5.86. The second kappa shape index (κ2) is 6.92. The fourth-order valence-corrected chi connectivity index (χ4v) is 2.86. The molecule has 1 aromatic rings. The summed E-state index contributed by atoms with van der Waals surface area (Å²) in [5.41, 5.74) is 0. The Labute approximate surface area is 132 Å². The molecule has 0 bridgehead atoms. The number of alkyl halides is 3. The van der Waals surface area contributed by atoms with Crippen LogP contribution in [0.4, 0.5) is 13.2 Å². The molecule has 2 heterocycles. The molecule has 5 nitrogen and oxygen atoms in total. The SMILES string of the molecule is COC(=O)c1ccc([C@H](C)N2CCC([C@@H](O)C(F)(F)F)CC2)o1. The molecular formula is C15H20F3NO4. The Morgan fingerprint density at radius 3 is 2.52 bits per heavy atom. The summed E-state index contributed by atoms with van der Waals surface area (Å²) in [6, 6.07) is 3.00. The van der Waals surface area contributed by atoms with Crippen LogP contribution in [0.25, 0.3) is 0 Å². The first-order chi connectivity index (χ1) is 10.7. The van der Waals surface area contributed by atoms with E-state index in [0.717, 1.165) is 0 Å². The van der Waals surface area contributed by atoms with Gasteiger partial charge in [-0.25, -0.2) is 4.79 Å². The summed E-state index contributed by atoms with van der Waals surface area (Å²) in [5, 5.41) is 9.33. The fraction of sp³-hybridized carbons (Fsp3) is 0.667. The Hall–Kier alpha value is -1.54. The van der Waals surface area contributed by atoms with E-state index in [4.69, 9.17) is 4.42 Å². The van der Waals surface area contributed by atoms with Crippen LogP contribution < -0.4 is 0 Å². The molecule has 0 spiro atoms. The summed E-state index contributed by atoms with van der Waals surface area (Å²) < 4.78 is 47.6. The number of hydrogen-bond donors (Lipinski definition) is 1. The molecule has 0 radical (unpaired) electrons. The summed E-state index contributed by atoms with van der Waals surface area (Å²) in [4.78, 5) is 13.3. The van der Waals surface area contributed by atoms with E-state index in [1.165, 1.54) is 13.2 Å². The highest BCUT2D eigenvalue weighted by Gasteiger charge is 2.44. The Morgan fingerprint density at radius 2 is 2.00 bits per heavy atom. The van der Waals surface area contributed by atoms with Crippen LogP contribution in [0, 0.1) is 5.92 Å². The van der Waals surface area contributed by atoms with E-state index >= 15 is 0 Å². The summed E-state index contributed by atoms with van der Waals surface area (Å²) in [6.07, 6.45) is -6.32. The molecule has 130 valence electrons. The Bertz CT molecular complexity index is 535. The summed E-state index contributed by atoms with van der Waals surface area (Å²) in [7, 11) is 1.25. The van der Waals surface area contributed by atoms with Crippen LogP contribution in [0.5, 0.6) is 0 Å². The lowest BCUT2D eigenvalue weighted by molar-refractivity contribution is -0.223. The third kappa shape index (κ3) is 4.06. The molecule has 8 heteroatoms. The normalized spacial score (nSPS) is 20.3.